The molecule has 0 amide bonds. The highest BCUT2D eigenvalue weighted by Crippen LogP contribution is 2.35. The third-order valence-corrected chi connectivity index (χ3v) is 5.88. The first-order valence-electron chi connectivity index (χ1n) is 10.7. The molecule has 2 aromatic carbocycles. The third-order valence-electron chi connectivity index (χ3n) is 5.88. The van der Waals surface area contributed by atoms with Crippen molar-refractivity contribution in [2.75, 3.05) is 20.2 Å². The van der Waals surface area contributed by atoms with Gasteiger partial charge in [0.2, 0.25) is 0 Å². The molecule has 158 valence electrons. The summed E-state index contributed by atoms with van der Waals surface area (Å²) in [6, 6.07) is 12.5. The molecule has 0 spiro atoms. The Bertz CT molecular complexity index is 1030. The molecule has 0 aliphatic carbocycles. The fourth-order valence-electron chi connectivity index (χ4n) is 4.14. The van der Waals surface area contributed by atoms with Gasteiger partial charge in [-0.15, -0.1) is 0 Å². The second kappa shape index (κ2) is 8.92. The van der Waals surface area contributed by atoms with Crippen LogP contribution in [-0.4, -0.2) is 35.3 Å². The maximum atomic E-state index is 6.12. The molecule has 4 rings (SSSR count). The minimum absolute atomic E-state index is 0.521. The second-order valence-electron chi connectivity index (χ2n) is 8.14. The Morgan fingerprint density at radius 2 is 1.97 bits per heavy atom. The molecule has 5 heteroatoms. The molecule has 0 unspecified atom stereocenters. The van der Waals surface area contributed by atoms with Crippen LogP contribution in [-0.2, 0) is 19.6 Å². The van der Waals surface area contributed by atoms with Crippen LogP contribution in [0.4, 0.5) is 0 Å². The van der Waals surface area contributed by atoms with Gasteiger partial charge in [-0.25, -0.2) is 0 Å². The summed E-state index contributed by atoms with van der Waals surface area (Å²) < 4.78 is 11.8. The van der Waals surface area contributed by atoms with E-state index in [1.54, 1.807) is 7.11 Å². The van der Waals surface area contributed by atoms with E-state index in [1.807, 2.05) is 12.1 Å². The zero-order chi connectivity index (χ0) is 21.1. The Kier molecular flexibility index (Phi) is 6.09. The van der Waals surface area contributed by atoms with Crippen LogP contribution in [0.15, 0.2) is 36.4 Å². The van der Waals surface area contributed by atoms with Crippen molar-refractivity contribution in [3.63, 3.8) is 0 Å². The van der Waals surface area contributed by atoms with E-state index in [-0.39, 0.29) is 0 Å². The van der Waals surface area contributed by atoms with E-state index < -0.39 is 0 Å². The molecule has 2 heterocycles. The first-order chi connectivity index (χ1) is 14.6. The van der Waals surface area contributed by atoms with Crippen molar-refractivity contribution in [1.29, 1.82) is 0 Å². The average molecular weight is 406 g/mol. The van der Waals surface area contributed by atoms with E-state index in [4.69, 9.17) is 9.47 Å². The molecule has 1 aliphatic heterocycles. The minimum Gasteiger partial charge on any atom is -0.493 e. The normalized spacial score (nSPS) is 13.9. The maximum Gasteiger partial charge on any atom is 0.161 e. The quantitative estimate of drug-likeness (QED) is 0.598. The lowest BCUT2D eigenvalue weighted by molar-refractivity contribution is 0.254. The van der Waals surface area contributed by atoms with Gasteiger partial charge in [-0.2, -0.15) is 5.10 Å². The van der Waals surface area contributed by atoms with Crippen molar-refractivity contribution in [3.8, 4) is 22.8 Å². The van der Waals surface area contributed by atoms with Crippen LogP contribution in [0, 0.1) is 13.8 Å². The number of aryl methyl sites for hydroxylation is 2. The number of nitrogens with zero attached hydrogens (tertiary/aromatic N) is 2. The summed E-state index contributed by atoms with van der Waals surface area (Å²) in [4.78, 5) is 2.50. The molecule has 0 saturated carbocycles. The van der Waals surface area contributed by atoms with Crippen molar-refractivity contribution in [2.24, 2.45) is 0 Å². The number of rotatable bonds is 7. The lowest BCUT2D eigenvalue weighted by atomic mass is 10.0. The van der Waals surface area contributed by atoms with Crippen LogP contribution in [0.5, 0.6) is 11.5 Å². The van der Waals surface area contributed by atoms with Crippen LogP contribution in [0.2, 0.25) is 0 Å². The van der Waals surface area contributed by atoms with Gasteiger partial charge in [-0.1, -0.05) is 30.7 Å². The van der Waals surface area contributed by atoms with Crippen molar-refractivity contribution >= 4 is 0 Å². The number of hydrogen-bond donors (Lipinski definition) is 1. The second-order valence-corrected chi connectivity index (χ2v) is 8.14. The molecule has 0 atom stereocenters. The van der Waals surface area contributed by atoms with E-state index in [9.17, 15) is 0 Å². The fraction of sp³-hybridized carbons (Fsp3) is 0.400. The number of aromatic nitrogens is 2. The Hall–Kier alpha value is -2.79. The number of hydrogen-bond acceptors (Lipinski definition) is 4. The Morgan fingerprint density at radius 3 is 2.77 bits per heavy atom. The Morgan fingerprint density at radius 1 is 1.10 bits per heavy atom. The summed E-state index contributed by atoms with van der Waals surface area (Å²) >= 11 is 0. The largest absolute Gasteiger partial charge is 0.493 e. The molecular formula is C25H31N3O2. The van der Waals surface area contributed by atoms with Crippen LogP contribution in [0.3, 0.4) is 0 Å². The van der Waals surface area contributed by atoms with E-state index in [0.717, 1.165) is 48.8 Å². The number of ether oxygens (including phenoxy) is 2. The molecular weight excluding hydrogens is 374 g/mol. The smallest absolute Gasteiger partial charge is 0.161 e. The van der Waals surface area contributed by atoms with Crippen LogP contribution in [0.1, 0.15) is 41.3 Å². The summed E-state index contributed by atoms with van der Waals surface area (Å²) in [5, 5.41) is 7.88. The molecule has 0 bridgehead atoms. The number of aromatic amines is 1. The molecule has 5 nitrogen and oxygen atoms in total. The van der Waals surface area contributed by atoms with E-state index >= 15 is 0 Å². The zero-order valence-corrected chi connectivity index (χ0v) is 18.4. The summed E-state index contributed by atoms with van der Waals surface area (Å²) in [5.41, 5.74) is 8.30. The van der Waals surface area contributed by atoms with Gasteiger partial charge < -0.3 is 9.47 Å². The molecule has 3 aromatic rings. The molecule has 30 heavy (non-hydrogen) atoms. The highest BCUT2D eigenvalue weighted by atomic mass is 16.5. The van der Waals surface area contributed by atoms with Crippen LogP contribution >= 0.6 is 0 Å². The minimum atomic E-state index is 0.521. The molecule has 0 radical (unpaired) electrons. The first kappa shape index (κ1) is 20.5. The standard InChI is InChI=1S/C25H31N3O2/c1-5-11-28-12-10-22-21(15-28)25(27-26-22)19-8-9-23(24(14-19)29-4)30-16-20-13-17(2)6-7-18(20)3/h6-9,13-14H,5,10-12,15-16H2,1-4H3,(H,26,27). The molecule has 1 aromatic heterocycles. The van der Waals surface area contributed by atoms with Crippen molar-refractivity contribution in [3.05, 3.63) is 64.3 Å². The third kappa shape index (κ3) is 4.21. The van der Waals surface area contributed by atoms with Gasteiger partial charge in [0.15, 0.2) is 11.5 Å². The van der Waals surface area contributed by atoms with Gasteiger partial charge in [0.25, 0.3) is 0 Å². The predicted molar refractivity (Wildman–Crippen MR) is 120 cm³/mol. The van der Waals surface area contributed by atoms with Crippen molar-refractivity contribution in [1.82, 2.24) is 15.1 Å². The summed E-state index contributed by atoms with van der Waals surface area (Å²) in [5.74, 6) is 1.48. The summed E-state index contributed by atoms with van der Waals surface area (Å²) in [6.45, 7) is 10.1. The number of nitrogens with one attached hydrogen (secondary N) is 1. The van der Waals surface area contributed by atoms with Crippen LogP contribution < -0.4 is 9.47 Å². The van der Waals surface area contributed by atoms with Gasteiger partial charge in [0.05, 0.1) is 12.8 Å². The molecule has 0 saturated heterocycles. The number of benzene rings is 2. The topological polar surface area (TPSA) is 50.4 Å². The van der Waals surface area contributed by atoms with Gasteiger partial charge in [0.1, 0.15) is 6.61 Å². The Labute approximate surface area is 179 Å². The SMILES string of the molecule is CCCN1CCc2[nH]nc(-c3ccc(OCc4cc(C)ccc4C)c(OC)c3)c2C1. The maximum absolute atomic E-state index is 6.12. The number of methoxy groups -OCH3 is 1. The highest BCUT2D eigenvalue weighted by Gasteiger charge is 2.23. The summed E-state index contributed by atoms with van der Waals surface area (Å²) in [6.07, 6.45) is 2.19. The van der Waals surface area contributed by atoms with Gasteiger partial charge in [-0.05, 0) is 56.1 Å². The van der Waals surface area contributed by atoms with Gasteiger partial charge >= 0.3 is 0 Å². The van der Waals surface area contributed by atoms with Crippen molar-refractivity contribution in [2.45, 2.75) is 46.8 Å². The van der Waals surface area contributed by atoms with E-state index in [0.29, 0.717) is 6.61 Å². The van der Waals surface area contributed by atoms with E-state index in [1.165, 1.54) is 34.4 Å². The fourth-order valence-corrected chi connectivity index (χ4v) is 4.14. The Balaban J connectivity index is 1.56. The van der Waals surface area contributed by atoms with E-state index in [2.05, 4.69) is 60.1 Å². The number of H-pyrrole nitrogens is 1. The molecule has 1 aliphatic rings. The van der Waals surface area contributed by atoms with Crippen LogP contribution in [0.25, 0.3) is 11.3 Å². The van der Waals surface area contributed by atoms with Gasteiger partial charge in [0, 0.05) is 36.3 Å². The zero-order valence-electron chi connectivity index (χ0n) is 18.4. The van der Waals surface area contributed by atoms with Crippen molar-refractivity contribution < 1.29 is 9.47 Å². The lowest BCUT2D eigenvalue weighted by Crippen LogP contribution is -2.31. The molecule has 1 N–H and O–H groups in total. The average Bonchev–Trinajstić information content (AvgIpc) is 3.18. The van der Waals surface area contributed by atoms with Gasteiger partial charge in [-0.3, -0.25) is 10.00 Å². The first-order valence-corrected chi connectivity index (χ1v) is 10.7. The predicted octanol–water partition coefficient (Wildman–Crippen LogP) is 5.05. The monoisotopic (exact) mass is 405 g/mol. The lowest BCUT2D eigenvalue weighted by Gasteiger charge is -2.26. The summed E-state index contributed by atoms with van der Waals surface area (Å²) in [7, 11) is 1.69. The highest BCUT2D eigenvalue weighted by molar-refractivity contribution is 5.68. The number of fused-ring (bicyclic) bond motifs is 1. The molecule has 0 fully saturated rings.